The van der Waals surface area contributed by atoms with Crippen molar-refractivity contribution in [3.63, 3.8) is 0 Å². The van der Waals surface area contributed by atoms with Crippen molar-refractivity contribution in [2.75, 3.05) is 18.1 Å². The van der Waals surface area contributed by atoms with E-state index in [1.54, 1.807) is 35.2 Å². The van der Waals surface area contributed by atoms with Crippen LogP contribution in [0.15, 0.2) is 61.2 Å². The maximum Gasteiger partial charge on any atom is 0.254 e. The maximum atomic E-state index is 13.3. The Morgan fingerprint density at radius 1 is 1.14 bits per heavy atom. The molecule has 0 spiro atoms. The molecule has 3 rings (SSSR count). The monoisotopic (exact) mass is 413 g/mol. The zero-order valence-electron chi connectivity index (χ0n) is 16.7. The van der Waals surface area contributed by atoms with E-state index in [9.17, 15) is 13.2 Å². The lowest BCUT2D eigenvalue weighted by Gasteiger charge is -2.28. The molecule has 1 atom stereocenters. The highest BCUT2D eigenvalue weighted by atomic mass is 32.2. The van der Waals surface area contributed by atoms with Crippen LogP contribution in [0.3, 0.4) is 0 Å². The van der Waals surface area contributed by atoms with Crippen LogP contribution < -0.4 is 4.74 Å². The van der Waals surface area contributed by atoms with Gasteiger partial charge in [0, 0.05) is 18.2 Å². The maximum absolute atomic E-state index is 13.3. The fourth-order valence-corrected chi connectivity index (χ4v) is 5.21. The number of nitrogens with zero attached hydrogens (tertiary/aromatic N) is 1. The van der Waals surface area contributed by atoms with Crippen molar-refractivity contribution in [1.29, 1.82) is 0 Å². The SMILES string of the molecule is C=CCOc1ccc(C(=O)N(Cc2ccc(CC)cc2)[C@H]2CCS(=O)(=O)C2)cc1. The molecular formula is C23H27NO4S. The molecule has 1 aliphatic rings. The molecule has 1 amide bonds. The lowest BCUT2D eigenvalue weighted by Crippen LogP contribution is -2.40. The zero-order chi connectivity index (χ0) is 20.9. The zero-order valence-corrected chi connectivity index (χ0v) is 17.5. The van der Waals surface area contributed by atoms with Gasteiger partial charge < -0.3 is 9.64 Å². The summed E-state index contributed by atoms with van der Waals surface area (Å²) < 4.78 is 29.5. The molecule has 1 heterocycles. The van der Waals surface area contributed by atoms with Crippen molar-refractivity contribution in [2.45, 2.75) is 32.4 Å². The minimum atomic E-state index is -3.10. The van der Waals surface area contributed by atoms with E-state index in [0.717, 1.165) is 12.0 Å². The van der Waals surface area contributed by atoms with Gasteiger partial charge in [-0.05, 0) is 48.2 Å². The molecule has 1 fully saturated rings. The van der Waals surface area contributed by atoms with Gasteiger partial charge in [-0.2, -0.15) is 0 Å². The number of hydrogen-bond acceptors (Lipinski definition) is 4. The average Bonchev–Trinajstić information content (AvgIpc) is 3.10. The number of amides is 1. The van der Waals surface area contributed by atoms with Gasteiger partial charge in [0.2, 0.25) is 0 Å². The Morgan fingerprint density at radius 3 is 2.34 bits per heavy atom. The van der Waals surface area contributed by atoms with E-state index < -0.39 is 9.84 Å². The second-order valence-electron chi connectivity index (χ2n) is 7.28. The molecule has 0 aliphatic carbocycles. The third kappa shape index (κ3) is 5.48. The summed E-state index contributed by atoms with van der Waals surface area (Å²) >= 11 is 0. The van der Waals surface area contributed by atoms with Crippen molar-refractivity contribution in [3.8, 4) is 5.75 Å². The first-order valence-corrected chi connectivity index (χ1v) is 11.7. The Morgan fingerprint density at radius 2 is 1.79 bits per heavy atom. The highest BCUT2D eigenvalue weighted by molar-refractivity contribution is 7.91. The van der Waals surface area contributed by atoms with Crippen molar-refractivity contribution >= 4 is 15.7 Å². The smallest absolute Gasteiger partial charge is 0.254 e. The molecule has 2 aromatic rings. The highest BCUT2D eigenvalue weighted by Gasteiger charge is 2.35. The molecule has 1 saturated heterocycles. The van der Waals surface area contributed by atoms with Gasteiger partial charge in [0.25, 0.3) is 5.91 Å². The molecular weight excluding hydrogens is 386 g/mol. The second-order valence-corrected chi connectivity index (χ2v) is 9.51. The molecule has 2 aromatic carbocycles. The molecule has 1 aliphatic heterocycles. The largest absolute Gasteiger partial charge is 0.490 e. The van der Waals surface area contributed by atoms with Crippen LogP contribution in [0.1, 0.15) is 34.8 Å². The van der Waals surface area contributed by atoms with Crippen molar-refractivity contribution in [1.82, 2.24) is 4.90 Å². The Labute approximate surface area is 172 Å². The van der Waals surface area contributed by atoms with Gasteiger partial charge in [-0.1, -0.05) is 43.8 Å². The van der Waals surface area contributed by atoms with Gasteiger partial charge in [0.05, 0.1) is 11.5 Å². The van der Waals surface area contributed by atoms with Gasteiger partial charge in [0.1, 0.15) is 12.4 Å². The minimum Gasteiger partial charge on any atom is -0.490 e. The minimum absolute atomic E-state index is 0.0202. The fraction of sp³-hybridized carbons (Fsp3) is 0.348. The number of ether oxygens (including phenoxy) is 1. The molecule has 154 valence electrons. The van der Waals surface area contributed by atoms with Crippen molar-refractivity contribution in [3.05, 3.63) is 77.9 Å². The van der Waals surface area contributed by atoms with Crippen LogP contribution in [-0.2, 0) is 22.8 Å². The number of sulfone groups is 1. The Balaban J connectivity index is 1.83. The van der Waals surface area contributed by atoms with E-state index in [1.165, 1.54) is 5.56 Å². The molecule has 0 unspecified atom stereocenters. The van der Waals surface area contributed by atoms with Crippen molar-refractivity contribution < 1.29 is 17.9 Å². The topological polar surface area (TPSA) is 63.7 Å². The molecule has 29 heavy (non-hydrogen) atoms. The number of aryl methyl sites for hydroxylation is 1. The predicted molar refractivity (Wildman–Crippen MR) is 115 cm³/mol. The summed E-state index contributed by atoms with van der Waals surface area (Å²) in [6.07, 6.45) is 3.08. The van der Waals surface area contributed by atoms with Crippen LogP contribution in [0.25, 0.3) is 0 Å². The van der Waals surface area contributed by atoms with Crippen LogP contribution in [0, 0.1) is 0 Å². The Hall–Kier alpha value is -2.60. The highest BCUT2D eigenvalue weighted by Crippen LogP contribution is 2.23. The Kier molecular flexibility index (Phi) is 6.75. The molecule has 0 bridgehead atoms. The lowest BCUT2D eigenvalue weighted by molar-refractivity contribution is 0.0681. The van der Waals surface area contributed by atoms with Crippen LogP contribution in [0.2, 0.25) is 0 Å². The summed E-state index contributed by atoms with van der Waals surface area (Å²) in [5, 5.41) is 0. The standard InChI is InChI=1S/C23H27NO4S/c1-3-14-28-22-11-9-20(10-12-22)23(25)24(21-13-15-29(26,27)17-21)16-19-7-5-18(4-2)6-8-19/h3,5-12,21H,1,4,13-17H2,2H3/t21-/m0/s1. The Bertz CT molecular complexity index is 949. The van der Waals surface area contributed by atoms with Crippen LogP contribution in [-0.4, -0.2) is 43.4 Å². The number of rotatable bonds is 8. The van der Waals surface area contributed by atoms with Crippen LogP contribution >= 0.6 is 0 Å². The molecule has 6 heteroatoms. The third-order valence-electron chi connectivity index (χ3n) is 5.16. The lowest BCUT2D eigenvalue weighted by atomic mass is 10.1. The summed E-state index contributed by atoms with van der Waals surface area (Å²) in [7, 11) is -3.10. The normalized spacial score (nSPS) is 17.6. The van der Waals surface area contributed by atoms with Gasteiger partial charge in [0.15, 0.2) is 9.84 Å². The predicted octanol–water partition coefficient (Wildman–Crippen LogP) is 3.64. The van der Waals surface area contributed by atoms with Crippen molar-refractivity contribution in [2.24, 2.45) is 0 Å². The molecule has 0 aromatic heterocycles. The molecule has 0 radical (unpaired) electrons. The van der Waals surface area contributed by atoms with Crippen LogP contribution in [0.4, 0.5) is 0 Å². The molecule has 5 nitrogen and oxygen atoms in total. The van der Waals surface area contributed by atoms with E-state index in [4.69, 9.17) is 4.74 Å². The van der Waals surface area contributed by atoms with E-state index in [1.807, 2.05) is 12.1 Å². The number of benzene rings is 2. The number of carbonyl (C=O) groups excluding carboxylic acids is 1. The number of hydrogen-bond donors (Lipinski definition) is 0. The summed E-state index contributed by atoms with van der Waals surface area (Å²) in [5.74, 6) is 0.644. The third-order valence-corrected chi connectivity index (χ3v) is 6.91. The second kappa shape index (κ2) is 9.27. The quantitative estimate of drug-likeness (QED) is 0.620. The van der Waals surface area contributed by atoms with E-state index in [0.29, 0.717) is 30.9 Å². The van der Waals surface area contributed by atoms with Crippen LogP contribution in [0.5, 0.6) is 5.75 Å². The summed E-state index contributed by atoms with van der Waals surface area (Å²) in [6.45, 7) is 6.49. The van der Waals surface area contributed by atoms with Gasteiger partial charge in [-0.15, -0.1) is 0 Å². The summed E-state index contributed by atoms with van der Waals surface area (Å²) in [4.78, 5) is 15.0. The number of carbonyl (C=O) groups is 1. The summed E-state index contributed by atoms with van der Waals surface area (Å²) in [6, 6.07) is 14.7. The average molecular weight is 414 g/mol. The first-order valence-electron chi connectivity index (χ1n) is 9.85. The summed E-state index contributed by atoms with van der Waals surface area (Å²) in [5.41, 5.74) is 2.74. The van der Waals surface area contributed by atoms with Gasteiger partial charge in [-0.3, -0.25) is 4.79 Å². The van der Waals surface area contributed by atoms with Gasteiger partial charge in [-0.25, -0.2) is 8.42 Å². The first kappa shape index (κ1) is 21.1. The van der Waals surface area contributed by atoms with Gasteiger partial charge >= 0.3 is 0 Å². The fourth-order valence-electron chi connectivity index (χ4n) is 3.48. The first-order chi connectivity index (χ1) is 13.9. The molecule has 0 N–H and O–H groups in total. The van der Waals surface area contributed by atoms with E-state index in [2.05, 4.69) is 25.6 Å². The molecule has 0 saturated carbocycles. The van der Waals surface area contributed by atoms with E-state index >= 15 is 0 Å². The van der Waals surface area contributed by atoms with E-state index in [-0.39, 0.29) is 23.5 Å².